The van der Waals surface area contributed by atoms with Crippen LogP contribution < -0.4 is 10.0 Å². The molecule has 3 heterocycles. The lowest BCUT2D eigenvalue weighted by molar-refractivity contribution is 0.561. The maximum Gasteiger partial charge on any atom is 0.233 e. The fourth-order valence-corrected chi connectivity index (χ4v) is 6.06. The predicted octanol–water partition coefficient (Wildman–Crippen LogP) is 5.27. The van der Waals surface area contributed by atoms with Crippen LogP contribution in [0.4, 0.5) is 20.3 Å². The van der Waals surface area contributed by atoms with Crippen LogP contribution in [0.5, 0.6) is 0 Å². The van der Waals surface area contributed by atoms with Gasteiger partial charge in [-0.1, -0.05) is 40.3 Å². The molecule has 4 rings (SSSR count). The Kier molecular flexibility index (Phi) is 7.53. The van der Waals surface area contributed by atoms with Gasteiger partial charge in [-0.3, -0.25) is 4.72 Å². The molecule has 0 atom stereocenters. The average Bonchev–Trinajstić information content (AvgIpc) is 3.18. The number of pyridine rings is 2. The molecule has 12 heteroatoms. The highest BCUT2D eigenvalue weighted by atomic mass is 127. The first kappa shape index (κ1) is 24.6. The molecular weight excluding hydrogens is 599 g/mol. The van der Waals surface area contributed by atoms with Gasteiger partial charge in [0, 0.05) is 46.9 Å². The van der Waals surface area contributed by atoms with Crippen molar-refractivity contribution in [1.29, 1.82) is 0 Å². The zero-order chi connectivity index (χ0) is 24.3. The highest BCUT2D eigenvalue weighted by molar-refractivity contribution is 14.1. The molecule has 0 aliphatic heterocycles. The summed E-state index contributed by atoms with van der Waals surface area (Å²) in [4.78, 5) is 11.7. The van der Waals surface area contributed by atoms with Crippen molar-refractivity contribution in [2.75, 3.05) is 20.2 Å². The second-order valence-electron chi connectivity index (χ2n) is 7.44. The van der Waals surface area contributed by atoms with E-state index in [0.29, 0.717) is 21.7 Å². The third-order valence-corrected chi connectivity index (χ3v) is 7.80. The van der Waals surface area contributed by atoms with Crippen molar-refractivity contribution in [3.05, 3.63) is 82.3 Å². The van der Waals surface area contributed by atoms with Crippen molar-refractivity contribution in [3.8, 4) is 0 Å². The largest absolute Gasteiger partial charge is 0.366 e. The summed E-state index contributed by atoms with van der Waals surface area (Å²) in [5.74, 6) is -1.50. The first-order valence-electron chi connectivity index (χ1n) is 10.1. The van der Waals surface area contributed by atoms with Gasteiger partial charge < -0.3 is 10.3 Å². The summed E-state index contributed by atoms with van der Waals surface area (Å²) in [6, 6.07) is 7.50. The van der Waals surface area contributed by atoms with E-state index < -0.39 is 21.7 Å². The molecule has 7 nitrogen and oxygen atoms in total. The standard InChI is InChI=1S/C22H19ClF2IN5O2S/c23-15-8-16-14(10-29-22(16)30-11-15)7-13-1-4-20(27-9-13)28-12-17-18(24)2-3-19(21(17)25)31-34(32,33)6-5-26/h1-4,8-11,31H,5-7,12H2,(H,27,28)(H,29,30). The summed E-state index contributed by atoms with van der Waals surface area (Å²) >= 11 is 7.96. The van der Waals surface area contributed by atoms with E-state index in [1.54, 1.807) is 18.5 Å². The van der Waals surface area contributed by atoms with E-state index in [0.717, 1.165) is 34.3 Å². The van der Waals surface area contributed by atoms with E-state index in [1.165, 1.54) is 0 Å². The number of sulfonamides is 1. The topological polar surface area (TPSA) is 99.8 Å². The molecule has 1 aromatic carbocycles. The SMILES string of the molecule is O=S(=O)(CCI)Nc1ccc(F)c(CNc2ccc(Cc3c[nH]c4ncc(Cl)cc34)cn2)c1F. The Balaban J connectivity index is 1.45. The number of benzene rings is 1. The second kappa shape index (κ2) is 10.4. The molecule has 0 aliphatic rings. The summed E-state index contributed by atoms with van der Waals surface area (Å²) < 4.78 is 55.4. The van der Waals surface area contributed by atoms with Crippen molar-refractivity contribution in [2.24, 2.45) is 0 Å². The number of alkyl halides is 1. The number of nitrogens with zero attached hydrogens (tertiary/aromatic N) is 2. The summed E-state index contributed by atoms with van der Waals surface area (Å²) in [6.07, 6.45) is 5.71. The third kappa shape index (κ3) is 5.76. The lowest BCUT2D eigenvalue weighted by Gasteiger charge is -2.13. The van der Waals surface area contributed by atoms with Gasteiger partial charge in [-0.15, -0.1) is 0 Å². The normalized spacial score (nSPS) is 11.6. The molecule has 0 aliphatic carbocycles. The molecule has 0 saturated heterocycles. The molecule has 34 heavy (non-hydrogen) atoms. The number of hydrogen-bond donors (Lipinski definition) is 3. The molecule has 0 saturated carbocycles. The number of halogens is 4. The fourth-order valence-electron chi connectivity index (χ4n) is 3.37. The Morgan fingerprint density at radius 3 is 2.68 bits per heavy atom. The molecule has 0 spiro atoms. The summed E-state index contributed by atoms with van der Waals surface area (Å²) in [7, 11) is -3.71. The quantitative estimate of drug-likeness (QED) is 0.176. The van der Waals surface area contributed by atoms with Gasteiger partial charge in [-0.05, 0) is 35.4 Å². The van der Waals surface area contributed by atoms with Crippen molar-refractivity contribution < 1.29 is 17.2 Å². The number of nitrogens with one attached hydrogen (secondary N) is 3. The number of anilines is 2. The lowest BCUT2D eigenvalue weighted by Crippen LogP contribution is -2.19. The highest BCUT2D eigenvalue weighted by Crippen LogP contribution is 2.25. The van der Waals surface area contributed by atoms with Crippen molar-refractivity contribution >= 4 is 66.8 Å². The van der Waals surface area contributed by atoms with Gasteiger partial charge in [-0.25, -0.2) is 27.2 Å². The number of fused-ring (bicyclic) bond motifs is 1. The van der Waals surface area contributed by atoms with Crippen LogP contribution in [0, 0.1) is 11.6 Å². The van der Waals surface area contributed by atoms with Gasteiger partial charge >= 0.3 is 0 Å². The minimum atomic E-state index is -3.71. The van der Waals surface area contributed by atoms with E-state index in [4.69, 9.17) is 11.6 Å². The minimum absolute atomic E-state index is 0.170. The Morgan fingerprint density at radius 2 is 1.94 bits per heavy atom. The molecular formula is C22H19ClF2IN5O2S. The van der Waals surface area contributed by atoms with Crippen LogP contribution in [0.3, 0.4) is 0 Å². The van der Waals surface area contributed by atoms with Gasteiger partial charge in [0.1, 0.15) is 17.3 Å². The molecule has 3 N–H and O–H groups in total. The Morgan fingerprint density at radius 1 is 1.12 bits per heavy atom. The van der Waals surface area contributed by atoms with Gasteiger partial charge in [-0.2, -0.15) is 0 Å². The first-order valence-corrected chi connectivity index (χ1v) is 13.6. The minimum Gasteiger partial charge on any atom is -0.366 e. The number of hydrogen-bond acceptors (Lipinski definition) is 5. The molecule has 4 aromatic rings. The zero-order valence-electron chi connectivity index (χ0n) is 17.6. The summed E-state index contributed by atoms with van der Waals surface area (Å²) in [5, 5.41) is 4.35. The molecule has 3 aromatic heterocycles. The molecule has 0 amide bonds. The van der Waals surface area contributed by atoms with Gasteiger partial charge in [0.05, 0.1) is 16.5 Å². The van der Waals surface area contributed by atoms with Gasteiger partial charge in [0.15, 0.2) is 5.82 Å². The second-order valence-corrected chi connectivity index (χ2v) is 10.8. The van der Waals surface area contributed by atoms with E-state index in [-0.39, 0.29) is 23.5 Å². The molecule has 0 fully saturated rings. The lowest BCUT2D eigenvalue weighted by atomic mass is 10.1. The van der Waals surface area contributed by atoms with Gasteiger partial charge in [0.25, 0.3) is 0 Å². The van der Waals surface area contributed by atoms with Crippen molar-refractivity contribution in [1.82, 2.24) is 15.0 Å². The van der Waals surface area contributed by atoms with Crippen LogP contribution in [-0.4, -0.2) is 33.6 Å². The smallest absolute Gasteiger partial charge is 0.233 e. The van der Waals surface area contributed by atoms with E-state index in [2.05, 4.69) is 25.0 Å². The van der Waals surface area contributed by atoms with E-state index in [1.807, 2.05) is 40.9 Å². The monoisotopic (exact) mass is 617 g/mol. The van der Waals surface area contributed by atoms with Crippen LogP contribution in [-0.2, 0) is 23.0 Å². The molecule has 178 valence electrons. The predicted molar refractivity (Wildman–Crippen MR) is 138 cm³/mol. The van der Waals surface area contributed by atoms with Gasteiger partial charge in [0.2, 0.25) is 10.0 Å². The average molecular weight is 618 g/mol. The van der Waals surface area contributed by atoms with Crippen LogP contribution in [0.2, 0.25) is 5.02 Å². The number of H-pyrrole nitrogens is 1. The molecule has 0 bridgehead atoms. The van der Waals surface area contributed by atoms with Crippen molar-refractivity contribution in [2.45, 2.75) is 13.0 Å². The molecule has 0 radical (unpaired) electrons. The fraction of sp³-hybridized carbons (Fsp3) is 0.182. The maximum absolute atomic E-state index is 14.8. The number of aromatic nitrogens is 3. The van der Waals surface area contributed by atoms with E-state index in [9.17, 15) is 17.2 Å². The first-order chi connectivity index (χ1) is 16.3. The number of rotatable bonds is 9. The summed E-state index contributed by atoms with van der Waals surface area (Å²) in [5.41, 5.74) is 2.10. The van der Waals surface area contributed by atoms with Crippen LogP contribution >= 0.6 is 34.2 Å². The third-order valence-electron chi connectivity index (χ3n) is 5.05. The van der Waals surface area contributed by atoms with Crippen LogP contribution in [0.1, 0.15) is 16.7 Å². The van der Waals surface area contributed by atoms with Crippen LogP contribution in [0.25, 0.3) is 11.0 Å². The highest BCUT2D eigenvalue weighted by Gasteiger charge is 2.18. The number of aromatic amines is 1. The Hall–Kier alpha value is -2.51. The Bertz CT molecular complexity index is 1430. The van der Waals surface area contributed by atoms with Crippen LogP contribution in [0.15, 0.2) is 48.9 Å². The van der Waals surface area contributed by atoms with E-state index >= 15 is 0 Å². The maximum atomic E-state index is 14.8. The zero-order valence-corrected chi connectivity index (χ0v) is 21.3. The van der Waals surface area contributed by atoms with Crippen molar-refractivity contribution in [3.63, 3.8) is 0 Å². The molecule has 0 unspecified atom stereocenters. The summed E-state index contributed by atoms with van der Waals surface area (Å²) in [6.45, 7) is -0.210. The Labute approximate surface area is 213 Å².